The molecule has 0 fully saturated rings. The van der Waals surface area contributed by atoms with Gasteiger partial charge in [-0.3, -0.25) is 11.3 Å². The van der Waals surface area contributed by atoms with Gasteiger partial charge in [-0.2, -0.15) is 13.2 Å². The number of ether oxygens (including phenoxy) is 1. The van der Waals surface area contributed by atoms with Crippen molar-refractivity contribution >= 4 is 11.3 Å². The van der Waals surface area contributed by atoms with Gasteiger partial charge in [0.25, 0.3) is 0 Å². The first-order valence-corrected chi connectivity index (χ1v) is 6.73. The number of pyridine rings is 1. The van der Waals surface area contributed by atoms with E-state index in [-0.39, 0.29) is 0 Å². The number of nitrogens with zero attached hydrogens (tertiary/aromatic N) is 2. The fourth-order valence-corrected chi connectivity index (χ4v) is 2.55. The van der Waals surface area contributed by atoms with E-state index in [1.807, 2.05) is 0 Å². The van der Waals surface area contributed by atoms with Crippen LogP contribution in [0.15, 0.2) is 24.5 Å². The van der Waals surface area contributed by atoms with Crippen molar-refractivity contribution in [3.05, 3.63) is 40.0 Å². The van der Waals surface area contributed by atoms with Crippen LogP contribution in [-0.2, 0) is 12.6 Å². The number of rotatable bonds is 5. The van der Waals surface area contributed by atoms with Gasteiger partial charge in [0.1, 0.15) is 0 Å². The van der Waals surface area contributed by atoms with Crippen molar-refractivity contribution in [3.8, 4) is 5.88 Å². The lowest BCUT2D eigenvalue weighted by Gasteiger charge is -2.13. The average Bonchev–Trinajstić information content (AvgIpc) is 2.95. The van der Waals surface area contributed by atoms with Gasteiger partial charge < -0.3 is 4.74 Å². The molecular weight excluding hydrogens is 305 g/mol. The molecule has 3 N–H and O–H groups in total. The van der Waals surface area contributed by atoms with Crippen molar-refractivity contribution in [2.24, 2.45) is 5.84 Å². The van der Waals surface area contributed by atoms with Gasteiger partial charge in [0.05, 0.1) is 13.2 Å². The van der Waals surface area contributed by atoms with Crippen molar-refractivity contribution in [1.29, 1.82) is 0 Å². The number of halogens is 3. The Morgan fingerprint density at radius 2 is 2.10 bits per heavy atom. The van der Waals surface area contributed by atoms with Gasteiger partial charge in [-0.15, -0.1) is 11.3 Å². The van der Waals surface area contributed by atoms with Crippen molar-refractivity contribution in [2.45, 2.75) is 18.6 Å². The number of hydrogen-bond donors (Lipinski definition) is 2. The highest BCUT2D eigenvalue weighted by Crippen LogP contribution is 2.34. The number of aromatic nitrogens is 2. The minimum Gasteiger partial charge on any atom is -0.481 e. The summed E-state index contributed by atoms with van der Waals surface area (Å²) in [6, 6.07) is 2.99. The summed E-state index contributed by atoms with van der Waals surface area (Å²) in [4.78, 5) is 7.84. The third-order valence-electron chi connectivity index (χ3n) is 2.76. The van der Waals surface area contributed by atoms with E-state index < -0.39 is 17.2 Å². The van der Waals surface area contributed by atoms with Crippen molar-refractivity contribution < 1.29 is 17.9 Å². The van der Waals surface area contributed by atoms with E-state index in [0.29, 0.717) is 28.5 Å². The van der Waals surface area contributed by atoms with Crippen LogP contribution < -0.4 is 16.0 Å². The van der Waals surface area contributed by atoms with Gasteiger partial charge in [0, 0.05) is 23.3 Å². The van der Waals surface area contributed by atoms with Gasteiger partial charge >= 0.3 is 6.18 Å². The van der Waals surface area contributed by atoms with Crippen LogP contribution in [0, 0.1) is 0 Å². The summed E-state index contributed by atoms with van der Waals surface area (Å²) in [5.74, 6) is 5.90. The van der Waals surface area contributed by atoms with E-state index >= 15 is 0 Å². The molecule has 0 aromatic carbocycles. The maximum Gasteiger partial charge on any atom is 0.443 e. The lowest BCUT2D eigenvalue weighted by molar-refractivity contribution is -0.137. The summed E-state index contributed by atoms with van der Waals surface area (Å²) in [6.45, 7) is 0. The molecule has 0 saturated carbocycles. The summed E-state index contributed by atoms with van der Waals surface area (Å²) in [5, 5.41) is -0.884. The van der Waals surface area contributed by atoms with Crippen molar-refractivity contribution in [2.75, 3.05) is 7.11 Å². The molecule has 0 bridgehead atoms. The normalized spacial score (nSPS) is 13.2. The Balaban J connectivity index is 2.13. The number of hydrazine groups is 1. The molecule has 0 aliphatic carbocycles. The molecule has 1 unspecified atom stereocenters. The second-order valence-corrected chi connectivity index (χ2v) is 5.26. The minimum absolute atomic E-state index is 0.396. The first-order chi connectivity index (χ1) is 9.94. The zero-order chi connectivity index (χ0) is 15.5. The highest BCUT2D eigenvalue weighted by molar-refractivity contribution is 7.11. The minimum atomic E-state index is -4.44. The molecule has 9 heteroatoms. The molecule has 0 amide bonds. The topological polar surface area (TPSA) is 73.1 Å². The molecule has 0 spiro atoms. The third-order valence-corrected chi connectivity index (χ3v) is 3.91. The smallest absolute Gasteiger partial charge is 0.443 e. The molecule has 0 aliphatic heterocycles. The van der Waals surface area contributed by atoms with Gasteiger partial charge in [0.2, 0.25) is 5.88 Å². The number of thiazole rings is 1. The predicted octanol–water partition coefficient (Wildman–Crippen LogP) is 2.31. The summed E-state index contributed by atoms with van der Waals surface area (Å²) >= 11 is 0.576. The van der Waals surface area contributed by atoms with Crippen LogP contribution in [0.4, 0.5) is 13.2 Å². The van der Waals surface area contributed by atoms with Crippen LogP contribution in [0.25, 0.3) is 0 Å². The second kappa shape index (κ2) is 6.37. The second-order valence-electron chi connectivity index (χ2n) is 4.20. The molecule has 1 atom stereocenters. The molecule has 21 heavy (non-hydrogen) atoms. The lowest BCUT2D eigenvalue weighted by Crippen LogP contribution is -2.29. The van der Waals surface area contributed by atoms with Gasteiger partial charge in [0.15, 0.2) is 5.01 Å². The van der Waals surface area contributed by atoms with E-state index in [2.05, 4.69) is 15.4 Å². The Hall–Kier alpha value is -1.71. The molecule has 0 radical (unpaired) electrons. The summed E-state index contributed by atoms with van der Waals surface area (Å²) in [5.41, 5.74) is 3.32. The maximum atomic E-state index is 12.6. The Morgan fingerprint density at radius 3 is 2.57 bits per heavy atom. The first kappa shape index (κ1) is 15.7. The molecule has 5 nitrogen and oxygen atoms in total. The molecule has 114 valence electrons. The van der Waals surface area contributed by atoms with E-state index in [1.54, 1.807) is 18.3 Å². The molecule has 2 aromatic rings. The van der Waals surface area contributed by atoms with E-state index in [4.69, 9.17) is 10.6 Å². The average molecular weight is 318 g/mol. The molecule has 0 saturated heterocycles. The summed E-state index contributed by atoms with van der Waals surface area (Å²) in [6.07, 6.45) is -1.26. The fraction of sp³-hybridized carbons (Fsp3) is 0.333. The molecular formula is C12H13F3N4OS. The SMILES string of the molecule is COc1ccc(CC(NN)c2cnc(C(F)(F)F)s2)cn1. The zero-order valence-corrected chi connectivity index (χ0v) is 11.8. The highest BCUT2D eigenvalue weighted by atomic mass is 32.1. The predicted molar refractivity (Wildman–Crippen MR) is 71.7 cm³/mol. The van der Waals surface area contributed by atoms with Crippen LogP contribution in [0.1, 0.15) is 21.5 Å². The third kappa shape index (κ3) is 3.90. The van der Waals surface area contributed by atoms with Crippen LogP contribution in [0.2, 0.25) is 0 Å². The Morgan fingerprint density at radius 1 is 1.33 bits per heavy atom. The quantitative estimate of drug-likeness (QED) is 0.654. The zero-order valence-electron chi connectivity index (χ0n) is 11.0. The van der Waals surface area contributed by atoms with Crippen molar-refractivity contribution in [1.82, 2.24) is 15.4 Å². The van der Waals surface area contributed by atoms with Gasteiger partial charge in [-0.1, -0.05) is 6.07 Å². The number of hydrogen-bond acceptors (Lipinski definition) is 6. The van der Waals surface area contributed by atoms with Crippen LogP contribution >= 0.6 is 11.3 Å². The number of nitrogens with one attached hydrogen (secondary N) is 1. The largest absolute Gasteiger partial charge is 0.481 e. The van der Waals surface area contributed by atoms with Crippen LogP contribution in [0.5, 0.6) is 5.88 Å². The first-order valence-electron chi connectivity index (χ1n) is 5.92. The number of nitrogens with two attached hydrogens (primary N) is 1. The van der Waals surface area contributed by atoms with Gasteiger partial charge in [-0.05, 0) is 12.0 Å². The fourth-order valence-electron chi connectivity index (χ4n) is 1.71. The number of methoxy groups -OCH3 is 1. The Kier molecular flexibility index (Phi) is 4.76. The monoisotopic (exact) mass is 318 g/mol. The molecule has 0 aliphatic rings. The van der Waals surface area contributed by atoms with E-state index in [0.717, 1.165) is 5.56 Å². The standard InChI is InChI=1S/C12H13F3N4OS/c1-20-10-3-2-7(5-17-10)4-8(19-16)9-6-18-11(21-9)12(13,14)15/h2-3,5-6,8,19H,4,16H2,1H3. The van der Waals surface area contributed by atoms with E-state index in [9.17, 15) is 13.2 Å². The molecule has 2 heterocycles. The van der Waals surface area contributed by atoms with E-state index in [1.165, 1.54) is 13.3 Å². The van der Waals surface area contributed by atoms with Crippen LogP contribution in [0.3, 0.4) is 0 Å². The highest BCUT2D eigenvalue weighted by Gasteiger charge is 2.35. The van der Waals surface area contributed by atoms with Crippen LogP contribution in [-0.4, -0.2) is 17.1 Å². The Bertz CT molecular complexity index is 585. The van der Waals surface area contributed by atoms with Gasteiger partial charge in [-0.25, -0.2) is 9.97 Å². The Labute approximate surface area is 122 Å². The summed E-state index contributed by atoms with van der Waals surface area (Å²) in [7, 11) is 1.50. The summed E-state index contributed by atoms with van der Waals surface area (Å²) < 4.78 is 42.6. The van der Waals surface area contributed by atoms with Crippen molar-refractivity contribution in [3.63, 3.8) is 0 Å². The number of alkyl halides is 3. The molecule has 2 aromatic heterocycles. The lowest BCUT2D eigenvalue weighted by atomic mass is 10.1. The molecule has 2 rings (SSSR count). The maximum absolute atomic E-state index is 12.6.